The Bertz CT molecular complexity index is 1440. The van der Waals surface area contributed by atoms with E-state index in [4.69, 9.17) is 4.74 Å². The molecule has 1 aromatic heterocycles. The highest BCUT2D eigenvalue weighted by molar-refractivity contribution is 5.93. The van der Waals surface area contributed by atoms with Crippen LogP contribution in [0.3, 0.4) is 0 Å². The van der Waals surface area contributed by atoms with E-state index < -0.39 is 42.0 Å². The number of H-pyrrole nitrogens is 1. The summed E-state index contributed by atoms with van der Waals surface area (Å²) in [5.41, 5.74) is 2.58. The molecule has 1 saturated heterocycles. The van der Waals surface area contributed by atoms with Gasteiger partial charge in [-0.15, -0.1) is 0 Å². The molecule has 12 heteroatoms. The van der Waals surface area contributed by atoms with Gasteiger partial charge in [-0.05, 0) is 30.5 Å². The summed E-state index contributed by atoms with van der Waals surface area (Å²) in [7, 11) is 0. The van der Waals surface area contributed by atoms with E-state index in [2.05, 4.69) is 26.3 Å². The van der Waals surface area contributed by atoms with Crippen LogP contribution in [0.1, 0.15) is 44.2 Å². The number of ether oxygens (including phenoxy) is 1. The molecule has 0 saturated carbocycles. The third-order valence-electron chi connectivity index (χ3n) is 8.13. The van der Waals surface area contributed by atoms with E-state index in [1.165, 1.54) is 0 Å². The number of para-hydroxylation sites is 1. The molecule has 0 aliphatic carbocycles. The average Bonchev–Trinajstić information content (AvgIpc) is 3.48. The summed E-state index contributed by atoms with van der Waals surface area (Å²) >= 11 is 0. The molecule has 0 radical (unpaired) electrons. The predicted molar refractivity (Wildman–Crippen MR) is 175 cm³/mol. The lowest BCUT2D eigenvalue weighted by molar-refractivity contribution is -0.134. The fourth-order valence-corrected chi connectivity index (χ4v) is 5.43. The van der Waals surface area contributed by atoms with Crippen molar-refractivity contribution in [2.24, 2.45) is 0 Å². The lowest BCUT2D eigenvalue weighted by Gasteiger charge is -2.28. The number of aliphatic hydroxyl groups is 1. The van der Waals surface area contributed by atoms with Crippen LogP contribution in [0.2, 0.25) is 0 Å². The molecule has 2 heterocycles. The second-order valence-corrected chi connectivity index (χ2v) is 11.7. The number of unbranched alkanes of at least 4 members (excludes halogenated alkanes) is 1. The summed E-state index contributed by atoms with van der Waals surface area (Å²) in [6.07, 6.45) is 2.27. The molecule has 248 valence electrons. The molecular formula is C34H46N6O6. The number of benzene rings is 2. The highest BCUT2D eigenvalue weighted by Gasteiger charge is 2.32. The van der Waals surface area contributed by atoms with Crippen molar-refractivity contribution in [1.82, 2.24) is 31.2 Å². The molecule has 6 N–H and O–H groups in total. The van der Waals surface area contributed by atoms with Crippen molar-refractivity contribution in [2.75, 3.05) is 32.8 Å². The van der Waals surface area contributed by atoms with Crippen molar-refractivity contribution in [3.63, 3.8) is 0 Å². The number of rotatable bonds is 16. The second kappa shape index (κ2) is 17.4. The van der Waals surface area contributed by atoms with E-state index in [-0.39, 0.29) is 25.4 Å². The minimum atomic E-state index is -1.50. The molecule has 4 atom stereocenters. The van der Waals surface area contributed by atoms with Crippen LogP contribution in [0, 0.1) is 0 Å². The SMILES string of the molecule is CCCCC(NC(=O)[C@H](Cc1c[nH]c2ccccc12)NC(=O)[C@H](C)NC(=O)CN1CCOCC1)C(O)C(=O)NCc1ccccc1. The lowest BCUT2D eigenvalue weighted by atomic mass is 10.0. The minimum absolute atomic E-state index is 0.142. The average molecular weight is 635 g/mol. The number of aromatic nitrogens is 1. The molecular weight excluding hydrogens is 588 g/mol. The van der Waals surface area contributed by atoms with E-state index in [1.807, 2.05) is 66.4 Å². The van der Waals surface area contributed by atoms with Crippen LogP contribution in [-0.4, -0.2) is 95.7 Å². The fraction of sp³-hybridized carbons (Fsp3) is 0.471. The molecule has 46 heavy (non-hydrogen) atoms. The number of carbonyl (C=O) groups is 4. The monoisotopic (exact) mass is 634 g/mol. The van der Waals surface area contributed by atoms with Gasteiger partial charge in [0, 0.05) is 43.2 Å². The first-order chi connectivity index (χ1) is 22.2. The van der Waals surface area contributed by atoms with E-state index in [1.54, 1.807) is 13.1 Å². The number of fused-ring (bicyclic) bond motifs is 1. The molecule has 1 aliphatic rings. The summed E-state index contributed by atoms with van der Waals surface area (Å²) in [6.45, 7) is 6.30. The van der Waals surface area contributed by atoms with E-state index >= 15 is 0 Å². The van der Waals surface area contributed by atoms with Crippen LogP contribution in [-0.2, 0) is 36.9 Å². The predicted octanol–water partition coefficient (Wildman–Crippen LogP) is 1.38. The summed E-state index contributed by atoms with van der Waals surface area (Å²) in [5, 5.41) is 23.1. The third kappa shape index (κ3) is 10.1. The third-order valence-corrected chi connectivity index (χ3v) is 8.13. The Kier molecular flexibility index (Phi) is 13.1. The van der Waals surface area contributed by atoms with Crippen LogP contribution < -0.4 is 21.3 Å². The Morgan fingerprint density at radius 1 is 0.935 bits per heavy atom. The number of amides is 4. The smallest absolute Gasteiger partial charge is 0.251 e. The second-order valence-electron chi connectivity index (χ2n) is 11.7. The highest BCUT2D eigenvalue weighted by atomic mass is 16.5. The standard InChI is InChI=1S/C34H46N6O6/c1-3-4-13-28(31(42)34(45)36-20-24-10-6-5-7-11-24)38-33(44)29(19-25-21-35-27-14-9-8-12-26(25)27)39-32(43)23(2)37-30(41)22-40-15-17-46-18-16-40/h5-12,14,21,23,28-29,31,35,42H,3-4,13,15-20,22H2,1-2H3,(H,36,45)(H,37,41)(H,38,44)(H,39,43)/t23-,28?,29-,31?/m0/s1. The zero-order valence-electron chi connectivity index (χ0n) is 26.6. The zero-order chi connectivity index (χ0) is 32.9. The van der Waals surface area contributed by atoms with Crippen LogP contribution in [0.15, 0.2) is 60.8 Å². The van der Waals surface area contributed by atoms with Gasteiger partial charge < -0.3 is 36.1 Å². The normalized spacial score (nSPS) is 16.2. The molecule has 2 unspecified atom stereocenters. The van der Waals surface area contributed by atoms with Gasteiger partial charge >= 0.3 is 0 Å². The molecule has 4 amide bonds. The molecule has 3 aromatic rings. The molecule has 12 nitrogen and oxygen atoms in total. The van der Waals surface area contributed by atoms with Gasteiger partial charge in [-0.25, -0.2) is 0 Å². The van der Waals surface area contributed by atoms with Crippen molar-refractivity contribution in [1.29, 1.82) is 0 Å². The largest absolute Gasteiger partial charge is 0.381 e. The maximum absolute atomic E-state index is 13.8. The number of nitrogens with one attached hydrogen (secondary N) is 5. The number of nitrogens with zero attached hydrogens (tertiary/aromatic N) is 1. The lowest BCUT2D eigenvalue weighted by Crippen LogP contribution is -2.58. The maximum atomic E-state index is 13.8. The van der Waals surface area contributed by atoms with Gasteiger partial charge in [-0.1, -0.05) is 68.3 Å². The first-order valence-electron chi connectivity index (χ1n) is 16.0. The maximum Gasteiger partial charge on any atom is 0.251 e. The molecule has 1 aliphatic heterocycles. The van der Waals surface area contributed by atoms with Gasteiger partial charge in [0.25, 0.3) is 5.91 Å². The Balaban J connectivity index is 1.45. The van der Waals surface area contributed by atoms with Crippen molar-refractivity contribution in [2.45, 2.75) is 70.3 Å². The van der Waals surface area contributed by atoms with Crippen LogP contribution >= 0.6 is 0 Å². The number of morpholine rings is 1. The van der Waals surface area contributed by atoms with E-state index in [9.17, 15) is 24.3 Å². The van der Waals surface area contributed by atoms with Gasteiger partial charge in [0.1, 0.15) is 12.1 Å². The summed E-state index contributed by atoms with van der Waals surface area (Å²) in [6, 6.07) is 14.1. The van der Waals surface area contributed by atoms with Gasteiger partial charge in [0.15, 0.2) is 6.10 Å². The number of hydrogen-bond donors (Lipinski definition) is 6. The molecule has 2 aromatic carbocycles. The summed E-state index contributed by atoms with van der Waals surface area (Å²) < 4.78 is 5.33. The molecule has 1 fully saturated rings. The van der Waals surface area contributed by atoms with E-state index in [0.717, 1.165) is 28.5 Å². The van der Waals surface area contributed by atoms with Gasteiger partial charge in [0.2, 0.25) is 17.7 Å². The van der Waals surface area contributed by atoms with Crippen molar-refractivity contribution in [3.05, 3.63) is 71.9 Å². The number of aromatic amines is 1. The molecule has 0 bridgehead atoms. The van der Waals surface area contributed by atoms with Crippen LogP contribution in [0.25, 0.3) is 10.9 Å². The topological polar surface area (TPSA) is 165 Å². The minimum Gasteiger partial charge on any atom is -0.381 e. The first-order valence-corrected chi connectivity index (χ1v) is 16.0. The van der Waals surface area contributed by atoms with Gasteiger partial charge in [0.05, 0.1) is 25.8 Å². The Morgan fingerprint density at radius 3 is 2.39 bits per heavy atom. The zero-order valence-corrected chi connectivity index (χ0v) is 26.6. The van der Waals surface area contributed by atoms with Gasteiger partial charge in [-0.3, -0.25) is 24.1 Å². The summed E-state index contributed by atoms with van der Waals surface area (Å²) in [5.74, 6) is -1.96. The van der Waals surface area contributed by atoms with E-state index in [0.29, 0.717) is 39.1 Å². The molecule has 4 rings (SSSR count). The Morgan fingerprint density at radius 2 is 1.65 bits per heavy atom. The highest BCUT2D eigenvalue weighted by Crippen LogP contribution is 2.19. The number of carbonyl (C=O) groups excluding carboxylic acids is 4. The first kappa shape index (κ1) is 34.6. The van der Waals surface area contributed by atoms with Crippen molar-refractivity contribution in [3.8, 4) is 0 Å². The quantitative estimate of drug-likeness (QED) is 0.139. The number of aliphatic hydroxyl groups excluding tert-OH is 1. The Labute approximate surface area is 269 Å². The van der Waals surface area contributed by atoms with Crippen molar-refractivity contribution < 1.29 is 29.0 Å². The van der Waals surface area contributed by atoms with Crippen molar-refractivity contribution >= 4 is 34.5 Å². The number of hydrogen-bond acceptors (Lipinski definition) is 7. The Hall–Kier alpha value is -4.26. The van der Waals surface area contributed by atoms with Crippen LogP contribution in [0.5, 0.6) is 0 Å². The fourth-order valence-electron chi connectivity index (χ4n) is 5.43. The van der Waals surface area contributed by atoms with Gasteiger partial charge in [-0.2, -0.15) is 0 Å². The molecule has 0 spiro atoms. The van der Waals surface area contributed by atoms with Crippen LogP contribution in [0.4, 0.5) is 0 Å². The summed E-state index contributed by atoms with van der Waals surface area (Å²) in [4.78, 5) is 57.9.